The van der Waals surface area contributed by atoms with Crippen LogP contribution in [-0.4, -0.2) is 5.10 Å². The lowest BCUT2D eigenvalue weighted by molar-refractivity contribution is -0.670. The highest BCUT2D eigenvalue weighted by Gasteiger charge is 1.82. The van der Waals surface area contributed by atoms with E-state index in [0.717, 1.165) is 5.92 Å². The Balaban J connectivity index is 0.000000261. The molecular weight excluding hydrogens is 156 g/mol. The Bertz CT molecular complexity index is 265. The van der Waals surface area contributed by atoms with Gasteiger partial charge in [-0.25, -0.2) is 0 Å². The first-order valence-corrected chi connectivity index (χ1v) is 3.81. The maximum absolute atomic E-state index is 10.2. The fourth-order valence-corrected chi connectivity index (χ4v) is 0.392. The minimum Gasteiger partial charge on any atom is -0.596 e. The van der Waals surface area contributed by atoms with E-state index in [9.17, 15) is 10.0 Å². The molecule has 0 saturated carbocycles. The van der Waals surface area contributed by atoms with E-state index in [4.69, 9.17) is 0 Å². The summed E-state index contributed by atoms with van der Waals surface area (Å²) in [5.41, 5.74) is -0.387. The first kappa shape index (κ1) is 10.7. The van der Waals surface area contributed by atoms with Crippen LogP contribution in [0.25, 0.3) is 0 Å². The molecule has 1 heterocycles. The summed E-state index contributed by atoms with van der Waals surface area (Å²) >= 11 is 0. The normalized spacial score (nSPS) is 9.00. The Morgan fingerprint density at radius 2 is 2.00 bits per heavy atom. The minimum atomic E-state index is -0.387. The van der Waals surface area contributed by atoms with Crippen molar-refractivity contribution in [1.82, 2.24) is 5.10 Å². The second-order valence-electron chi connectivity index (χ2n) is 3.04. The smallest absolute Gasteiger partial charge is 0.299 e. The molecule has 0 radical (unpaired) electrons. The predicted molar refractivity (Wildman–Crippen MR) is 46.5 cm³/mol. The van der Waals surface area contributed by atoms with E-state index in [1.807, 2.05) is 5.10 Å². The SMILES string of the molecule is CC(C)C.O=c1ccc[n+]([O-])[nH]1. The van der Waals surface area contributed by atoms with Crippen molar-refractivity contribution in [2.24, 2.45) is 5.92 Å². The molecule has 1 rings (SSSR count). The van der Waals surface area contributed by atoms with Gasteiger partial charge in [-0.1, -0.05) is 25.6 Å². The van der Waals surface area contributed by atoms with Gasteiger partial charge >= 0.3 is 0 Å². The van der Waals surface area contributed by atoms with E-state index in [-0.39, 0.29) is 5.56 Å². The summed E-state index contributed by atoms with van der Waals surface area (Å²) in [7, 11) is 0. The second kappa shape index (κ2) is 5.35. The number of nitrogens with one attached hydrogen (secondary N) is 1. The van der Waals surface area contributed by atoms with Crippen molar-refractivity contribution in [2.45, 2.75) is 20.8 Å². The van der Waals surface area contributed by atoms with Crippen LogP contribution in [0.2, 0.25) is 0 Å². The van der Waals surface area contributed by atoms with Crippen LogP contribution >= 0.6 is 0 Å². The van der Waals surface area contributed by atoms with Crippen LogP contribution in [0.3, 0.4) is 0 Å². The molecule has 0 aromatic carbocycles. The summed E-state index contributed by atoms with van der Waals surface area (Å²) in [5, 5.41) is 12.1. The Morgan fingerprint density at radius 3 is 2.25 bits per heavy atom. The van der Waals surface area contributed by atoms with Gasteiger partial charge in [0.2, 0.25) is 6.20 Å². The van der Waals surface area contributed by atoms with Gasteiger partial charge in [-0.05, 0) is 5.92 Å². The van der Waals surface area contributed by atoms with Crippen LogP contribution in [-0.2, 0) is 0 Å². The van der Waals surface area contributed by atoms with Crippen molar-refractivity contribution in [3.63, 3.8) is 0 Å². The molecule has 0 spiro atoms. The Morgan fingerprint density at radius 1 is 1.50 bits per heavy atom. The van der Waals surface area contributed by atoms with Crippen molar-refractivity contribution < 1.29 is 4.85 Å². The van der Waals surface area contributed by atoms with Gasteiger partial charge in [-0.3, -0.25) is 4.79 Å². The molecule has 0 atom stereocenters. The molecular formula is C8H14N2O2. The molecule has 0 aliphatic rings. The highest BCUT2D eigenvalue weighted by atomic mass is 16.5. The van der Waals surface area contributed by atoms with Crippen LogP contribution in [0.5, 0.6) is 0 Å². The fourth-order valence-electron chi connectivity index (χ4n) is 0.392. The molecule has 1 aromatic rings. The molecule has 1 N–H and O–H groups in total. The first-order valence-electron chi connectivity index (χ1n) is 3.81. The van der Waals surface area contributed by atoms with Crippen molar-refractivity contribution in [3.05, 3.63) is 33.9 Å². The Kier molecular flexibility index (Phi) is 4.76. The Labute approximate surface area is 71.4 Å². The molecule has 0 aliphatic carbocycles. The molecule has 4 nitrogen and oxygen atoms in total. The van der Waals surface area contributed by atoms with E-state index in [2.05, 4.69) is 20.8 Å². The molecule has 1 aromatic heterocycles. The highest BCUT2D eigenvalue weighted by molar-refractivity contribution is 4.78. The summed E-state index contributed by atoms with van der Waals surface area (Å²) in [6.07, 6.45) is 1.21. The van der Waals surface area contributed by atoms with Gasteiger partial charge < -0.3 is 5.21 Å². The molecule has 0 fully saturated rings. The van der Waals surface area contributed by atoms with E-state index < -0.39 is 0 Å². The number of H-pyrrole nitrogens is 1. The lowest BCUT2D eigenvalue weighted by Gasteiger charge is -1.87. The number of rotatable bonds is 0. The summed E-state index contributed by atoms with van der Waals surface area (Å²) < 4.78 is 0. The molecule has 4 heteroatoms. The van der Waals surface area contributed by atoms with E-state index in [1.54, 1.807) is 0 Å². The van der Waals surface area contributed by atoms with Crippen molar-refractivity contribution in [3.8, 4) is 0 Å². The molecule has 0 amide bonds. The summed E-state index contributed by atoms with van der Waals surface area (Å²) in [5.74, 6) is 0.833. The summed E-state index contributed by atoms with van der Waals surface area (Å²) in [6, 6.07) is 2.65. The average molecular weight is 170 g/mol. The van der Waals surface area contributed by atoms with Gasteiger partial charge in [0.05, 0.1) is 0 Å². The molecule has 12 heavy (non-hydrogen) atoms. The number of aromatic amines is 1. The predicted octanol–water partition coefficient (Wildman–Crippen LogP) is 0.671. The monoisotopic (exact) mass is 170 g/mol. The van der Waals surface area contributed by atoms with E-state index in [0.29, 0.717) is 4.85 Å². The first-order chi connectivity index (χ1) is 5.52. The van der Waals surface area contributed by atoms with Crippen LogP contribution in [0, 0.1) is 11.1 Å². The van der Waals surface area contributed by atoms with Gasteiger partial charge in [0.25, 0.3) is 5.56 Å². The maximum Gasteiger partial charge on any atom is 0.299 e. The third-order valence-electron chi connectivity index (χ3n) is 0.689. The summed E-state index contributed by atoms with van der Waals surface area (Å²) in [6.45, 7) is 6.50. The van der Waals surface area contributed by atoms with Crippen LogP contribution in [0.4, 0.5) is 0 Å². The second-order valence-corrected chi connectivity index (χ2v) is 3.04. The fraction of sp³-hybridized carbons (Fsp3) is 0.500. The quantitative estimate of drug-likeness (QED) is 0.459. The van der Waals surface area contributed by atoms with Crippen molar-refractivity contribution in [2.75, 3.05) is 0 Å². The molecule has 0 saturated heterocycles. The average Bonchev–Trinajstić information content (AvgIpc) is 1.84. The van der Waals surface area contributed by atoms with Crippen molar-refractivity contribution >= 4 is 0 Å². The minimum absolute atomic E-state index is 0.350. The van der Waals surface area contributed by atoms with E-state index in [1.165, 1.54) is 18.3 Å². The lowest BCUT2D eigenvalue weighted by atomic mass is 10.3. The van der Waals surface area contributed by atoms with Gasteiger partial charge in [0.15, 0.2) is 0 Å². The zero-order valence-corrected chi connectivity index (χ0v) is 7.57. The maximum atomic E-state index is 10.2. The molecule has 68 valence electrons. The van der Waals surface area contributed by atoms with Crippen LogP contribution in [0.15, 0.2) is 23.1 Å². The molecule has 0 unspecified atom stereocenters. The lowest BCUT2D eigenvalue weighted by Crippen LogP contribution is -2.35. The third-order valence-corrected chi connectivity index (χ3v) is 0.689. The molecule has 0 bridgehead atoms. The van der Waals surface area contributed by atoms with Gasteiger partial charge in [0, 0.05) is 12.1 Å². The summed E-state index contributed by atoms with van der Waals surface area (Å²) in [4.78, 5) is 10.6. The van der Waals surface area contributed by atoms with Gasteiger partial charge in [0.1, 0.15) is 0 Å². The van der Waals surface area contributed by atoms with Crippen molar-refractivity contribution in [1.29, 1.82) is 0 Å². The van der Waals surface area contributed by atoms with Crippen LogP contribution < -0.4 is 10.4 Å². The highest BCUT2D eigenvalue weighted by Crippen LogP contribution is 1.81. The third kappa shape index (κ3) is 6.80. The molecule has 0 aliphatic heterocycles. The number of aromatic nitrogens is 2. The van der Waals surface area contributed by atoms with Crippen LogP contribution in [0.1, 0.15) is 20.8 Å². The number of nitrogens with zero attached hydrogens (tertiary/aromatic N) is 1. The van der Waals surface area contributed by atoms with Gasteiger partial charge in [-0.2, -0.15) is 0 Å². The van der Waals surface area contributed by atoms with E-state index >= 15 is 0 Å². The standard InChI is InChI=1S/C4H4N2O2.C4H10/c7-4-2-1-3-6(8)5-4;1-4(2)3/h1-3H,(H,5,7);4H,1-3H3. The number of hydrogen-bond acceptors (Lipinski definition) is 2. The zero-order chi connectivity index (χ0) is 9.56. The largest absolute Gasteiger partial charge is 0.596 e. The number of hydrogen-bond donors (Lipinski definition) is 1. The zero-order valence-electron chi connectivity index (χ0n) is 7.57. The van der Waals surface area contributed by atoms with Gasteiger partial charge in [-0.15, -0.1) is 5.10 Å². The topological polar surface area (TPSA) is 59.8 Å². The Hall–Kier alpha value is -1.32.